The molecule has 0 aromatic heterocycles. The number of piperazine rings is 1. The number of rotatable bonds is 5. The van der Waals surface area contributed by atoms with Gasteiger partial charge in [0.25, 0.3) is 5.91 Å². The summed E-state index contributed by atoms with van der Waals surface area (Å²) in [5.74, 6) is -0.141. The van der Waals surface area contributed by atoms with Crippen molar-refractivity contribution in [3.8, 4) is 0 Å². The van der Waals surface area contributed by atoms with Gasteiger partial charge >= 0.3 is 0 Å². The van der Waals surface area contributed by atoms with Crippen molar-refractivity contribution in [1.29, 1.82) is 0 Å². The summed E-state index contributed by atoms with van der Waals surface area (Å²) in [6, 6.07) is 12.6. The van der Waals surface area contributed by atoms with E-state index in [1.807, 2.05) is 12.1 Å². The summed E-state index contributed by atoms with van der Waals surface area (Å²) in [5, 5.41) is 3.63. The summed E-state index contributed by atoms with van der Waals surface area (Å²) in [6.45, 7) is 2.36. The lowest BCUT2D eigenvalue weighted by molar-refractivity contribution is -0.123. The van der Waals surface area contributed by atoms with Crippen LogP contribution in [0.4, 0.5) is 10.1 Å². The number of nitrogens with zero attached hydrogens (tertiary/aromatic N) is 2. The minimum atomic E-state index is -0.355. The van der Waals surface area contributed by atoms with Gasteiger partial charge < -0.3 is 10.2 Å². The quantitative estimate of drug-likeness (QED) is 0.743. The maximum absolute atomic E-state index is 13.3. The van der Waals surface area contributed by atoms with Gasteiger partial charge in [-0.2, -0.15) is 0 Å². The Labute approximate surface area is 187 Å². The Morgan fingerprint density at radius 3 is 2.32 bits per heavy atom. The molecular formula is C24H27ClFN3O2. The van der Waals surface area contributed by atoms with Crippen LogP contribution < -0.4 is 5.32 Å². The Bertz CT molecular complexity index is 923. The Balaban J connectivity index is 1.43. The average molecular weight is 444 g/mol. The van der Waals surface area contributed by atoms with E-state index in [2.05, 4.69) is 10.2 Å². The van der Waals surface area contributed by atoms with E-state index in [1.165, 1.54) is 24.3 Å². The van der Waals surface area contributed by atoms with Gasteiger partial charge in [0.15, 0.2) is 0 Å². The number of anilines is 1. The van der Waals surface area contributed by atoms with Crippen LogP contribution >= 0.6 is 11.6 Å². The van der Waals surface area contributed by atoms with Crippen LogP contribution in [0, 0.1) is 11.7 Å². The Morgan fingerprint density at radius 1 is 1.00 bits per heavy atom. The van der Waals surface area contributed by atoms with Crippen LogP contribution in [0.3, 0.4) is 0 Å². The molecule has 0 spiro atoms. The molecule has 4 rings (SSSR count). The van der Waals surface area contributed by atoms with Crippen molar-refractivity contribution in [1.82, 2.24) is 9.80 Å². The van der Waals surface area contributed by atoms with Crippen molar-refractivity contribution < 1.29 is 14.0 Å². The number of hydrogen-bond acceptors (Lipinski definition) is 3. The zero-order valence-electron chi connectivity index (χ0n) is 17.4. The third-order valence-electron chi connectivity index (χ3n) is 6.29. The minimum absolute atomic E-state index is 0.00697. The number of hydrogen-bond donors (Lipinski definition) is 1. The van der Waals surface area contributed by atoms with Gasteiger partial charge in [-0.3, -0.25) is 14.5 Å². The number of benzene rings is 2. The molecule has 0 bridgehead atoms. The zero-order chi connectivity index (χ0) is 21.8. The predicted molar refractivity (Wildman–Crippen MR) is 120 cm³/mol. The number of amides is 2. The molecule has 31 heavy (non-hydrogen) atoms. The van der Waals surface area contributed by atoms with Crippen molar-refractivity contribution in [3.63, 3.8) is 0 Å². The van der Waals surface area contributed by atoms with Gasteiger partial charge in [-0.15, -0.1) is 0 Å². The van der Waals surface area contributed by atoms with Crippen LogP contribution in [-0.2, 0) is 4.79 Å². The van der Waals surface area contributed by atoms with Gasteiger partial charge in [-0.25, -0.2) is 4.39 Å². The first-order valence-electron chi connectivity index (χ1n) is 10.9. The number of nitrogens with one attached hydrogen (secondary N) is 1. The molecule has 1 aliphatic carbocycles. The predicted octanol–water partition coefficient (Wildman–Crippen LogP) is 4.43. The topological polar surface area (TPSA) is 52.7 Å². The van der Waals surface area contributed by atoms with Crippen molar-refractivity contribution >= 4 is 29.1 Å². The van der Waals surface area contributed by atoms with E-state index >= 15 is 0 Å². The highest BCUT2D eigenvalue weighted by Gasteiger charge is 2.37. The number of carbonyl (C=O) groups excluding carboxylic acids is 2. The smallest absolute Gasteiger partial charge is 0.253 e. The third-order valence-corrected chi connectivity index (χ3v) is 6.53. The molecule has 2 fully saturated rings. The van der Waals surface area contributed by atoms with Crippen molar-refractivity contribution in [3.05, 3.63) is 64.9 Å². The standard InChI is InChI=1S/C24H27ClFN3O2/c25-19-6-3-7-21(16-19)27-23(30)22(17-4-1-2-5-17)28-12-14-29(15-13-28)24(31)18-8-10-20(26)11-9-18/h3,6-11,16-17,22H,1-2,4-5,12-15H2,(H,27,30)/t22-/m1/s1. The Hall–Kier alpha value is -2.44. The summed E-state index contributed by atoms with van der Waals surface area (Å²) in [6.07, 6.45) is 4.38. The van der Waals surface area contributed by atoms with Gasteiger partial charge in [0, 0.05) is 42.5 Å². The molecular weight excluding hydrogens is 417 g/mol. The number of carbonyl (C=O) groups is 2. The second-order valence-electron chi connectivity index (χ2n) is 8.32. The fraction of sp³-hybridized carbons (Fsp3) is 0.417. The molecule has 0 unspecified atom stereocenters. The van der Waals surface area contributed by atoms with Gasteiger partial charge in [-0.1, -0.05) is 30.5 Å². The summed E-state index contributed by atoms with van der Waals surface area (Å²) in [4.78, 5) is 30.0. The fourth-order valence-corrected chi connectivity index (χ4v) is 4.90. The SMILES string of the molecule is O=C(Nc1cccc(Cl)c1)[C@@H](C1CCCC1)N1CCN(C(=O)c2ccc(F)cc2)CC1. The number of halogens is 2. The van der Waals surface area contributed by atoms with Crippen LogP contribution in [0.1, 0.15) is 36.0 Å². The van der Waals surface area contributed by atoms with E-state index in [4.69, 9.17) is 11.6 Å². The second kappa shape index (κ2) is 9.79. The monoisotopic (exact) mass is 443 g/mol. The van der Waals surface area contributed by atoms with Crippen LogP contribution in [0.2, 0.25) is 5.02 Å². The van der Waals surface area contributed by atoms with E-state index in [9.17, 15) is 14.0 Å². The molecule has 2 amide bonds. The first-order valence-corrected chi connectivity index (χ1v) is 11.2. The molecule has 1 aliphatic heterocycles. The third kappa shape index (κ3) is 5.25. The fourth-order valence-electron chi connectivity index (χ4n) is 4.71. The molecule has 0 radical (unpaired) electrons. The molecule has 1 saturated heterocycles. The first kappa shape index (κ1) is 21.8. The summed E-state index contributed by atoms with van der Waals surface area (Å²) in [7, 11) is 0. The van der Waals surface area contributed by atoms with E-state index in [-0.39, 0.29) is 23.7 Å². The van der Waals surface area contributed by atoms with Gasteiger partial charge in [0.1, 0.15) is 5.82 Å². The Morgan fingerprint density at radius 2 is 1.68 bits per heavy atom. The molecule has 2 aliphatic rings. The molecule has 164 valence electrons. The minimum Gasteiger partial charge on any atom is -0.336 e. The molecule has 2 aromatic carbocycles. The maximum Gasteiger partial charge on any atom is 0.253 e. The lowest BCUT2D eigenvalue weighted by Gasteiger charge is -2.40. The zero-order valence-corrected chi connectivity index (χ0v) is 18.2. The van der Waals surface area contributed by atoms with Crippen LogP contribution in [0.5, 0.6) is 0 Å². The summed E-state index contributed by atoms with van der Waals surface area (Å²) < 4.78 is 13.2. The van der Waals surface area contributed by atoms with Crippen molar-refractivity contribution in [2.45, 2.75) is 31.7 Å². The maximum atomic E-state index is 13.3. The van der Waals surface area contributed by atoms with Crippen LogP contribution in [0.25, 0.3) is 0 Å². The van der Waals surface area contributed by atoms with Gasteiger partial charge in [0.05, 0.1) is 6.04 Å². The average Bonchev–Trinajstić information content (AvgIpc) is 3.29. The lowest BCUT2D eigenvalue weighted by Crippen LogP contribution is -2.56. The highest BCUT2D eigenvalue weighted by atomic mass is 35.5. The van der Waals surface area contributed by atoms with Crippen molar-refractivity contribution in [2.24, 2.45) is 5.92 Å². The molecule has 1 saturated carbocycles. The molecule has 2 aromatic rings. The van der Waals surface area contributed by atoms with E-state index in [0.29, 0.717) is 48.4 Å². The summed E-state index contributed by atoms with van der Waals surface area (Å²) >= 11 is 6.07. The van der Waals surface area contributed by atoms with E-state index in [0.717, 1.165) is 25.7 Å². The van der Waals surface area contributed by atoms with Gasteiger partial charge in [-0.05, 0) is 61.2 Å². The largest absolute Gasteiger partial charge is 0.336 e. The van der Waals surface area contributed by atoms with Gasteiger partial charge in [0.2, 0.25) is 5.91 Å². The molecule has 5 nitrogen and oxygen atoms in total. The Kier molecular flexibility index (Phi) is 6.88. The van der Waals surface area contributed by atoms with Crippen LogP contribution in [-0.4, -0.2) is 53.8 Å². The highest BCUT2D eigenvalue weighted by molar-refractivity contribution is 6.30. The van der Waals surface area contributed by atoms with E-state index in [1.54, 1.807) is 17.0 Å². The highest BCUT2D eigenvalue weighted by Crippen LogP contribution is 2.32. The normalized spacial score (nSPS) is 18.7. The molecule has 1 atom stereocenters. The second-order valence-corrected chi connectivity index (χ2v) is 8.76. The molecule has 1 heterocycles. The lowest BCUT2D eigenvalue weighted by atomic mass is 9.94. The first-order chi connectivity index (χ1) is 15.0. The van der Waals surface area contributed by atoms with Crippen molar-refractivity contribution in [2.75, 3.05) is 31.5 Å². The van der Waals surface area contributed by atoms with Crippen LogP contribution in [0.15, 0.2) is 48.5 Å². The van der Waals surface area contributed by atoms with E-state index < -0.39 is 0 Å². The molecule has 1 N–H and O–H groups in total. The summed E-state index contributed by atoms with van der Waals surface area (Å²) in [5.41, 5.74) is 1.19. The molecule has 7 heteroatoms.